The fourth-order valence-electron chi connectivity index (χ4n) is 7.41. The van der Waals surface area contributed by atoms with Gasteiger partial charge in [0.15, 0.2) is 0 Å². The molecule has 2 fully saturated rings. The summed E-state index contributed by atoms with van der Waals surface area (Å²) in [6.45, 7) is 1.23. The number of ether oxygens (including phenoxy) is 1. The molecule has 284 valence electrons. The van der Waals surface area contributed by atoms with E-state index in [1.807, 2.05) is 109 Å². The van der Waals surface area contributed by atoms with Crippen LogP contribution >= 0.6 is 0 Å². The Balaban J connectivity index is 0.981. The third kappa shape index (κ3) is 8.51. The van der Waals surface area contributed by atoms with Crippen molar-refractivity contribution in [3.8, 4) is 23.7 Å². The SMILES string of the molecule is COC(=O)N[C@@H](C(=O)N1CCC[C@H]1c1ncc(C#Cc2ccc(C#Cc3cnc([C@@H]4CCCN4C(=O)[C@@H](c4ccccc4)N(C)C)[nH]3)cc2)[nH]1)c1ccccc1. The predicted molar refractivity (Wildman–Crippen MR) is 211 cm³/mol. The lowest BCUT2D eigenvalue weighted by Gasteiger charge is -2.31. The normalized spacial score (nSPS) is 17.4. The van der Waals surface area contributed by atoms with Gasteiger partial charge >= 0.3 is 6.09 Å². The zero-order valence-corrected chi connectivity index (χ0v) is 31.7. The molecular weight excluding hydrogens is 705 g/mol. The van der Waals surface area contributed by atoms with Crippen molar-refractivity contribution in [2.45, 2.75) is 49.9 Å². The molecule has 2 aliphatic rings. The Morgan fingerprint density at radius 1 is 0.714 bits per heavy atom. The largest absolute Gasteiger partial charge is 0.453 e. The van der Waals surface area contributed by atoms with Gasteiger partial charge in [0, 0.05) is 24.2 Å². The van der Waals surface area contributed by atoms with Gasteiger partial charge in [0.2, 0.25) is 5.91 Å². The van der Waals surface area contributed by atoms with Crippen LogP contribution in [0, 0.1) is 23.7 Å². The van der Waals surface area contributed by atoms with E-state index in [2.05, 4.69) is 48.9 Å². The van der Waals surface area contributed by atoms with Crippen LogP contribution in [-0.4, -0.2) is 86.8 Å². The van der Waals surface area contributed by atoms with E-state index in [4.69, 9.17) is 4.74 Å². The van der Waals surface area contributed by atoms with Crippen LogP contribution < -0.4 is 5.32 Å². The summed E-state index contributed by atoms with van der Waals surface area (Å²) in [4.78, 5) is 61.2. The highest BCUT2D eigenvalue weighted by Crippen LogP contribution is 2.35. The van der Waals surface area contributed by atoms with Crippen LogP contribution in [0.25, 0.3) is 0 Å². The zero-order chi connectivity index (χ0) is 39.0. The van der Waals surface area contributed by atoms with E-state index in [1.165, 1.54) is 7.11 Å². The molecule has 0 saturated carbocycles. The summed E-state index contributed by atoms with van der Waals surface area (Å²) in [5.74, 6) is 13.9. The van der Waals surface area contributed by atoms with E-state index in [1.54, 1.807) is 17.3 Å². The summed E-state index contributed by atoms with van der Waals surface area (Å²) < 4.78 is 4.80. The average Bonchev–Trinajstić information content (AvgIpc) is 4.06. The summed E-state index contributed by atoms with van der Waals surface area (Å²) in [5.41, 5.74) is 4.59. The Hall–Kier alpha value is -6.63. The van der Waals surface area contributed by atoms with Crippen molar-refractivity contribution >= 4 is 17.9 Å². The molecule has 4 heterocycles. The van der Waals surface area contributed by atoms with E-state index in [-0.39, 0.29) is 29.9 Å². The van der Waals surface area contributed by atoms with Gasteiger partial charge in [-0.25, -0.2) is 14.8 Å². The maximum Gasteiger partial charge on any atom is 0.407 e. The fourth-order valence-corrected chi connectivity index (χ4v) is 7.41. The molecule has 3 amide bonds. The Bertz CT molecular complexity index is 2280. The number of aromatic amines is 2. The number of likely N-dealkylation sites (tertiary alicyclic amines) is 2. The van der Waals surface area contributed by atoms with Crippen molar-refractivity contribution in [3.05, 3.63) is 143 Å². The number of methoxy groups -OCH3 is 1. The number of amides is 3. The van der Waals surface area contributed by atoms with Crippen molar-refractivity contribution < 1.29 is 19.1 Å². The number of benzene rings is 3. The second-order valence-corrected chi connectivity index (χ2v) is 14.1. The molecule has 3 N–H and O–H groups in total. The Morgan fingerprint density at radius 3 is 1.68 bits per heavy atom. The van der Waals surface area contributed by atoms with E-state index < -0.39 is 12.1 Å². The monoisotopic (exact) mass is 748 g/mol. The molecule has 2 aliphatic heterocycles. The van der Waals surface area contributed by atoms with Crippen molar-refractivity contribution in [2.24, 2.45) is 0 Å². The topological polar surface area (TPSA) is 140 Å². The highest BCUT2D eigenvalue weighted by atomic mass is 16.5. The number of carbonyl (C=O) groups is 3. The smallest absolute Gasteiger partial charge is 0.407 e. The van der Waals surface area contributed by atoms with Crippen molar-refractivity contribution in [1.29, 1.82) is 0 Å². The summed E-state index contributed by atoms with van der Waals surface area (Å²) >= 11 is 0. The van der Waals surface area contributed by atoms with Crippen LogP contribution in [-0.2, 0) is 14.3 Å². The molecule has 12 heteroatoms. The minimum Gasteiger partial charge on any atom is -0.453 e. The summed E-state index contributed by atoms with van der Waals surface area (Å²) in [6, 6.07) is 25.0. The Labute approximate surface area is 326 Å². The lowest BCUT2D eigenvalue weighted by atomic mass is 10.0. The van der Waals surface area contributed by atoms with Crippen LogP contribution in [0.2, 0.25) is 0 Å². The molecule has 5 aromatic rings. The first-order chi connectivity index (χ1) is 27.3. The quantitative estimate of drug-likeness (QED) is 0.174. The van der Waals surface area contributed by atoms with E-state index >= 15 is 0 Å². The van der Waals surface area contributed by atoms with Crippen LogP contribution in [0.1, 0.15) is 95.1 Å². The van der Waals surface area contributed by atoms with Crippen molar-refractivity contribution in [1.82, 2.24) is 40.0 Å². The summed E-state index contributed by atoms with van der Waals surface area (Å²) in [6.07, 6.45) is 6.02. The molecule has 4 atom stereocenters. The number of nitrogens with zero attached hydrogens (tertiary/aromatic N) is 5. The lowest BCUT2D eigenvalue weighted by Crippen LogP contribution is -2.42. The first-order valence-electron chi connectivity index (χ1n) is 18.7. The first-order valence-corrected chi connectivity index (χ1v) is 18.7. The molecule has 0 unspecified atom stereocenters. The van der Waals surface area contributed by atoms with E-state index in [0.29, 0.717) is 35.9 Å². The number of hydrogen-bond acceptors (Lipinski definition) is 7. The second-order valence-electron chi connectivity index (χ2n) is 14.1. The molecule has 56 heavy (non-hydrogen) atoms. The number of imidazole rings is 2. The van der Waals surface area contributed by atoms with Crippen molar-refractivity contribution in [2.75, 3.05) is 34.3 Å². The average molecular weight is 749 g/mol. The maximum atomic E-state index is 13.8. The Morgan fingerprint density at radius 2 is 1.20 bits per heavy atom. The number of rotatable bonds is 8. The highest BCUT2D eigenvalue weighted by Gasteiger charge is 2.38. The summed E-state index contributed by atoms with van der Waals surface area (Å²) in [7, 11) is 5.14. The molecular formula is C44H44N8O4. The molecule has 3 aromatic carbocycles. The highest BCUT2D eigenvalue weighted by molar-refractivity contribution is 5.87. The van der Waals surface area contributed by atoms with Gasteiger partial charge in [0.05, 0.1) is 31.6 Å². The third-order valence-corrected chi connectivity index (χ3v) is 10.2. The number of nitrogens with one attached hydrogen (secondary N) is 3. The van der Waals surface area contributed by atoms with Gasteiger partial charge in [0.25, 0.3) is 5.91 Å². The fraction of sp³-hybridized carbons (Fsp3) is 0.295. The molecule has 0 bridgehead atoms. The third-order valence-electron chi connectivity index (χ3n) is 10.2. The van der Waals surface area contributed by atoms with Gasteiger partial charge in [-0.15, -0.1) is 0 Å². The van der Waals surface area contributed by atoms with Crippen molar-refractivity contribution in [3.63, 3.8) is 0 Å². The van der Waals surface area contributed by atoms with Crippen LogP contribution in [0.4, 0.5) is 4.79 Å². The van der Waals surface area contributed by atoms with Crippen LogP contribution in [0.5, 0.6) is 0 Å². The second kappa shape index (κ2) is 17.2. The number of H-pyrrole nitrogens is 2. The zero-order valence-electron chi connectivity index (χ0n) is 31.7. The molecule has 0 radical (unpaired) electrons. The van der Waals surface area contributed by atoms with Gasteiger partial charge in [-0.05, 0) is 87.0 Å². The van der Waals surface area contributed by atoms with Crippen LogP contribution in [0.3, 0.4) is 0 Å². The molecule has 0 aliphatic carbocycles. The van der Waals surface area contributed by atoms with Gasteiger partial charge in [0.1, 0.15) is 35.1 Å². The maximum absolute atomic E-state index is 13.8. The Kier molecular flexibility index (Phi) is 11.6. The standard InChI is InChI=1S/C44H44N8O4/c1-50(2)39(33-14-8-5-9-15-33)43(54)52-27-11-17-37(52)41-46-29-35(48-41)25-23-31-20-18-30(19-21-31)22-24-34-28-45-40(47-34)36-16-10-26-51(36)42(53)38(49-44(55)56-3)32-12-6-4-7-13-32/h4-9,12-15,18-21,28-29,36-39H,10-11,16-17,26-27H2,1-3H3,(H,45,47)(H,46,48)(H,49,55)/t36-,37-,38+,39+/m0/s1. The molecule has 2 saturated heterocycles. The molecule has 12 nitrogen and oxygen atoms in total. The van der Waals surface area contributed by atoms with Crippen LogP contribution in [0.15, 0.2) is 97.3 Å². The summed E-state index contributed by atoms with van der Waals surface area (Å²) in [5, 5.41) is 2.69. The number of carbonyl (C=O) groups excluding carboxylic acids is 3. The lowest BCUT2D eigenvalue weighted by molar-refractivity contribution is -0.137. The number of alkyl carbamates (subject to hydrolysis) is 1. The van der Waals surface area contributed by atoms with Gasteiger partial charge < -0.3 is 29.8 Å². The van der Waals surface area contributed by atoms with E-state index in [9.17, 15) is 14.4 Å². The van der Waals surface area contributed by atoms with Gasteiger partial charge in [-0.1, -0.05) is 72.5 Å². The van der Waals surface area contributed by atoms with E-state index in [0.717, 1.165) is 48.2 Å². The molecule has 7 rings (SSSR count). The van der Waals surface area contributed by atoms with Gasteiger partial charge in [-0.3, -0.25) is 14.5 Å². The number of hydrogen-bond donors (Lipinski definition) is 3. The first kappa shape index (κ1) is 37.7. The number of likely N-dealkylation sites (N-methyl/N-ethyl adjacent to an activating group) is 1. The van der Waals surface area contributed by atoms with Gasteiger partial charge in [-0.2, -0.15) is 0 Å². The minimum absolute atomic E-state index is 0.0694. The molecule has 2 aromatic heterocycles. The minimum atomic E-state index is -0.884. The number of aromatic nitrogens is 4. The molecule has 0 spiro atoms. The predicted octanol–water partition coefficient (Wildman–Crippen LogP) is 5.66.